The summed E-state index contributed by atoms with van der Waals surface area (Å²) in [4.78, 5) is 24.1. The molecule has 0 aliphatic carbocycles. The molecule has 0 atom stereocenters. The maximum atomic E-state index is 13.2. The number of hydrogen-bond acceptors (Lipinski definition) is 8. The number of fused-ring (bicyclic) bond motifs is 1. The lowest BCUT2D eigenvalue weighted by molar-refractivity contribution is -0.105. The van der Waals surface area contributed by atoms with Crippen molar-refractivity contribution in [3.8, 4) is 24.1 Å². The van der Waals surface area contributed by atoms with Gasteiger partial charge >= 0.3 is 0 Å². The average molecular weight is 561 g/mol. The molecular weight excluding hydrogens is 520 g/mol. The molecule has 41 heavy (non-hydrogen) atoms. The summed E-state index contributed by atoms with van der Waals surface area (Å²) in [6.07, 6.45) is 8.01. The number of furan rings is 1. The minimum absolute atomic E-state index is 0.147. The Morgan fingerprint density at radius 3 is 2.29 bits per heavy atom. The number of rotatable bonds is 11. The van der Waals surface area contributed by atoms with Crippen molar-refractivity contribution in [2.75, 3.05) is 37.5 Å². The van der Waals surface area contributed by atoms with Gasteiger partial charge in [-0.05, 0) is 75.4 Å². The molecule has 9 heteroatoms. The van der Waals surface area contributed by atoms with E-state index in [1.165, 1.54) is 25.3 Å². The SMILES string of the molecule is C#CCN(CCCC)c1nc(OC)c(NC(=O)c2ccc(Cc3cc4c(cc3C)C(C)(C)OC4(C)C)o2)c(OC)n1. The van der Waals surface area contributed by atoms with Crippen LogP contribution in [0, 0.1) is 19.3 Å². The Hall–Kier alpha value is -4.03. The summed E-state index contributed by atoms with van der Waals surface area (Å²) >= 11 is 0. The third kappa shape index (κ3) is 6.18. The molecule has 0 saturated heterocycles. The van der Waals surface area contributed by atoms with Crippen LogP contribution >= 0.6 is 0 Å². The molecule has 2 aromatic heterocycles. The van der Waals surface area contributed by atoms with E-state index in [0.29, 0.717) is 31.2 Å². The van der Waals surface area contributed by atoms with Gasteiger partial charge < -0.3 is 28.8 Å². The van der Waals surface area contributed by atoms with Gasteiger partial charge in [-0.3, -0.25) is 4.79 Å². The smallest absolute Gasteiger partial charge is 0.291 e. The van der Waals surface area contributed by atoms with Gasteiger partial charge in [0.15, 0.2) is 11.4 Å². The fourth-order valence-electron chi connectivity index (χ4n) is 5.31. The Morgan fingerprint density at radius 1 is 1.07 bits per heavy atom. The summed E-state index contributed by atoms with van der Waals surface area (Å²) in [6.45, 7) is 13.6. The average Bonchev–Trinajstić information content (AvgIpc) is 3.46. The van der Waals surface area contributed by atoms with E-state index in [-0.39, 0.29) is 34.4 Å². The minimum atomic E-state index is -0.474. The Bertz CT molecular complexity index is 1440. The number of unbranched alkanes of at least 4 members (excludes halogenated alkanes) is 1. The van der Waals surface area contributed by atoms with Gasteiger partial charge in [0.05, 0.1) is 32.0 Å². The number of amides is 1. The number of methoxy groups -OCH3 is 2. The summed E-state index contributed by atoms with van der Waals surface area (Å²) in [5.74, 6) is 3.66. The molecule has 1 aliphatic heterocycles. The van der Waals surface area contributed by atoms with Crippen LogP contribution in [0.1, 0.15) is 86.0 Å². The van der Waals surface area contributed by atoms with E-state index in [2.05, 4.69) is 74.9 Å². The largest absolute Gasteiger partial charge is 0.479 e. The zero-order chi connectivity index (χ0) is 29.9. The van der Waals surface area contributed by atoms with Crippen LogP contribution in [0.4, 0.5) is 11.6 Å². The highest BCUT2D eigenvalue weighted by molar-refractivity contribution is 6.03. The number of aryl methyl sites for hydroxylation is 1. The zero-order valence-corrected chi connectivity index (χ0v) is 25.3. The molecule has 3 heterocycles. The lowest BCUT2D eigenvalue weighted by Crippen LogP contribution is -2.27. The number of hydrogen-bond donors (Lipinski definition) is 1. The van der Waals surface area contributed by atoms with Crippen molar-refractivity contribution in [1.29, 1.82) is 0 Å². The van der Waals surface area contributed by atoms with E-state index >= 15 is 0 Å². The Morgan fingerprint density at radius 2 is 1.71 bits per heavy atom. The third-order valence-corrected chi connectivity index (χ3v) is 7.34. The summed E-state index contributed by atoms with van der Waals surface area (Å²) in [5, 5.41) is 2.80. The highest BCUT2D eigenvalue weighted by Gasteiger charge is 2.43. The number of ether oxygens (including phenoxy) is 3. The summed E-state index contributed by atoms with van der Waals surface area (Å²) in [5.41, 5.74) is 4.10. The highest BCUT2D eigenvalue weighted by Crippen LogP contribution is 2.47. The van der Waals surface area contributed by atoms with Crippen molar-refractivity contribution in [1.82, 2.24) is 9.97 Å². The van der Waals surface area contributed by atoms with Gasteiger partial charge in [0.25, 0.3) is 5.91 Å². The number of benzene rings is 1. The van der Waals surface area contributed by atoms with Gasteiger partial charge in [-0.15, -0.1) is 6.42 Å². The predicted octanol–water partition coefficient (Wildman–Crippen LogP) is 5.98. The number of nitrogens with zero attached hydrogens (tertiary/aromatic N) is 3. The monoisotopic (exact) mass is 560 g/mol. The van der Waals surface area contributed by atoms with E-state index in [4.69, 9.17) is 25.1 Å². The molecule has 1 aromatic carbocycles. The summed E-state index contributed by atoms with van der Waals surface area (Å²) in [7, 11) is 2.94. The first-order chi connectivity index (χ1) is 19.4. The van der Waals surface area contributed by atoms with Crippen LogP contribution in [-0.2, 0) is 22.4 Å². The molecule has 9 nitrogen and oxygen atoms in total. The second kappa shape index (κ2) is 11.8. The normalized spacial score (nSPS) is 14.7. The quantitative estimate of drug-likeness (QED) is 0.286. The number of aromatic nitrogens is 2. The molecule has 0 saturated carbocycles. The van der Waals surface area contributed by atoms with Gasteiger partial charge in [-0.2, -0.15) is 9.97 Å². The van der Waals surface area contributed by atoms with E-state index in [0.717, 1.165) is 24.0 Å². The second-order valence-corrected chi connectivity index (χ2v) is 11.2. The second-order valence-electron chi connectivity index (χ2n) is 11.2. The number of carbonyl (C=O) groups excluding carboxylic acids is 1. The summed E-state index contributed by atoms with van der Waals surface area (Å²) < 4.78 is 23.3. The van der Waals surface area contributed by atoms with Crippen LogP contribution in [0.3, 0.4) is 0 Å². The molecular formula is C32H40N4O5. The first kappa shape index (κ1) is 29.9. The van der Waals surface area contributed by atoms with Crippen molar-refractivity contribution in [3.63, 3.8) is 0 Å². The molecule has 218 valence electrons. The molecule has 0 bridgehead atoms. The van der Waals surface area contributed by atoms with E-state index in [1.807, 2.05) is 11.0 Å². The third-order valence-electron chi connectivity index (χ3n) is 7.34. The van der Waals surface area contributed by atoms with Gasteiger partial charge in [0, 0.05) is 13.0 Å². The molecule has 3 aromatic rings. The number of nitrogens with one attached hydrogen (secondary N) is 1. The molecule has 0 spiro atoms. The predicted molar refractivity (Wildman–Crippen MR) is 159 cm³/mol. The zero-order valence-electron chi connectivity index (χ0n) is 25.3. The van der Waals surface area contributed by atoms with Crippen LogP contribution in [0.25, 0.3) is 0 Å². The Balaban J connectivity index is 1.56. The summed E-state index contributed by atoms with van der Waals surface area (Å²) in [6, 6.07) is 7.86. The van der Waals surface area contributed by atoms with Crippen LogP contribution in [0.15, 0.2) is 28.7 Å². The topological polar surface area (TPSA) is 99.0 Å². The van der Waals surface area contributed by atoms with E-state index in [1.54, 1.807) is 6.07 Å². The van der Waals surface area contributed by atoms with Crippen molar-refractivity contribution in [3.05, 3.63) is 58.0 Å². The molecule has 0 radical (unpaired) electrons. The van der Waals surface area contributed by atoms with Crippen LogP contribution in [-0.4, -0.2) is 43.2 Å². The molecule has 1 amide bonds. The van der Waals surface area contributed by atoms with Gasteiger partial charge in [-0.25, -0.2) is 0 Å². The minimum Gasteiger partial charge on any atom is -0.479 e. The van der Waals surface area contributed by atoms with E-state index in [9.17, 15) is 4.79 Å². The van der Waals surface area contributed by atoms with Crippen LogP contribution in [0.2, 0.25) is 0 Å². The first-order valence-electron chi connectivity index (χ1n) is 13.9. The maximum absolute atomic E-state index is 13.2. The maximum Gasteiger partial charge on any atom is 0.291 e. The Labute approximate surface area is 242 Å². The van der Waals surface area contributed by atoms with Gasteiger partial charge in [-0.1, -0.05) is 31.4 Å². The number of anilines is 2. The fraction of sp³-hybridized carbons (Fsp3) is 0.469. The van der Waals surface area contributed by atoms with E-state index < -0.39 is 5.91 Å². The Kier molecular flexibility index (Phi) is 8.64. The molecule has 0 fully saturated rings. The molecule has 1 N–H and O–H groups in total. The standard InChI is InChI=1S/C32H40N4O5/c1-10-12-16-36(15-11-2)30-34-28(38-8)26(29(35-30)39-9)33-27(37)25-14-13-22(40-25)18-21-19-24-23(17-20(21)3)31(4,5)41-32(24,6)7/h2,13-14,17,19H,10,12,15-16,18H2,1,3-9H3,(H,33,37). The number of carbonyl (C=O) groups is 1. The molecule has 0 unspecified atom stereocenters. The van der Waals surface area contributed by atoms with Crippen molar-refractivity contribution < 1.29 is 23.4 Å². The van der Waals surface area contributed by atoms with Crippen LogP contribution in [0.5, 0.6) is 11.8 Å². The lowest BCUT2D eigenvalue weighted by Gasteiger charge is -2.24. The number of terminal acetylenes is 1. The van der Waals surface area contributed by atoms with Gasteiger partial charge in [0.1, 0.15) is 5.76 Å². The first-order valence-corrected chi connectivity index (χ1v) is 13.9. The fourth-order valence-corrected chi connectivity index (χ4v) is 5.31. The van der Waals surface area contributed by atoms with Gasteiger partial charge in [0.2, 0.25) is 17.7 Å². The molecule has 4 rings (SSSR count). The van der Waals surface area contributed by atoms with Crippen molar-refractivity contribution in [2.45, 2.75) is 72.0 Å². The molecule has 1 aliphatic rings. The van der Waals surface area contributed by atoms with Crippen LogP contribution < -0.4 is 19.7 Å². The van der Waals surface area contributed by atoms with Crippen molar-refractivity contribution >= 4 is 17.5 Å². The van der Waals surface area contributed by atoms with Crippen molar-refractivity contribution in [2.24, 2.45) is 0 Å². The lowest BCUT2D eigenvalue weighted by atomic mass is 9.86. The highest BCUT2D eigenvalue weighted by atomic mass is 16.5.